The summed E-state index contributed by atoms with van der Waals surface area (Å²) in [5.41, 5.74) is 7.70. The van der Waals surface area contributed by atoms with Gasteiger partial charge in [0.2, 0.25) is 0 Å². The van der Waals surface area contributed by atoms with Crippen molar-refractivity contribution in [1.82, 2.24) is 0 Å². The highest BCUT2D eigenvalue weighted by Crippen LogP contribution is 2.20. The van der Waals surface area contributed by atoms with E-state index >= 15 is 0 Å². The van der Waals surface area contributed by atoms with Gasteiger partial charge in [-0.2, -0.15) is 0 Å². The van der Waals surface area contributed by atoms with Crippen LogP contribution in [0.3, 0.4) is 0 Å². The van der Waals surface area contributed by atoms with Crippen molar-refractivity contribution in [2.45, 2.75) is 25.8 Å². The summed E-state index contributed by atoms with van der Waals surface area (Å²) in [7, 11) is 0. The number of aliphatic hydroxyl groups excluding tert-OH is 1. The zero-order valence-electron chi connectivity index (χ0n) is 8.33. The number of hydrogen-bond acceptors (Lipinski definition) is 2. The van der Waals surface area contributed by atoms with Crippen molar-refractivity contribution < 1.29 is 9.50 Å². The second-order valence-corrected chi connectivity index (χ2v) is 3.47. The molecule has 3 N–H and O–H groups in total. The molecule has 0 fully saturated rings. The molecule has 1 rings (SSSR count). The monoisotopic (exact) mass is 197 g/mol. The molecule has 0 radical (unpaired) electrons. The average Bonchev–Trinajstić information content (AvgIpc) is 2.18. The molecule has 0 aliphatic heterocycles. The van der Waals surface area contributed by atoms with E-state index in [1.807, 2.05) is 6.92 Å². The number of rotatable bonds is 4. The third-order valence-electron chi connectivity index (χ3n) is 2.31. The number of nitrogens with two attached hydrogens (primary N) is 1. The quantitative estimate of drug-likeness (QED) is 0.774. The molecule has 3 heteroatoms. The second-order valence-electron chi connectivity index (χ2n) is 3.47. The van der Waals surface area contributed by atoms with Crippen molar-refractivity contribution in [3.05, 3.63) is 35.1 Å². The Bertz CT molecular complexity index is 301. The van der Waals surface area contributed by atoms with Crippen LogP contribution in [0.1, 0.15) is 30.0 Å². The van der Waals surface area contributed by atoms with Crippen LogP contribution in [-0.2, 0) is 0 Å². The van der Waals surface area contributed by atoms with Crippen LogP contribution in [0.4, 0.5) is 4.39 Å². The molecule has 0 aliphatic rings. The van der Waals surface area contributed by atoms with Gasteiger partial charge in [-0.15, -0.1) is 0 Å². The van der Waals surface area contributed by atoms with Gasteiger partial charge in [-0.3, -0.25) is 0 Å². The Morgan fingerprint density at radius 3 is 2.86 bits per heavy atom. The SMILES string of the molecule is Cc1ccc(F)cc1[C@H](N)CCCO. The molecule has 1 atom stereocenters. The zero-order valence-corrected chi connectivity index (χ0v) is 8.33. The van der Waals surface area contributed by atoms with E-state index < -0.39 is 0 Å². The Morgan fingerprint density at radius 1 is 1.50 bits per heavy atom. The van der Waals surface area contributed by atoms with E-state index in [-0.39, 0.29) is 18.5 Å². The lowest BCUT2D eigenvalue weighted by atomic mass is 9.98. The van der Waals surface area contributed by atoms with Crippen LogP contribution in [0.25, 0.3) is 0 Å². The highest BCUT2D eigenvalue weighted by molar-refractivity contribution is 5.29. The highest BCUT2D eigenvalue weighted by Gasteiger charge is 2.09. The van der Waals surface area contributed by atoms with Gasteiger partial charge < -0.3 is 10.8 Å². The summed E-state index contributed by atoms with van der Waals surface area (Å²) in [5.74, 6) is -0.259. The Kier molecular flexibility index (Phi) is 4.04. The van der Waals surface area contributed by atoms with E-state index in [1.165, 1.54) is 12.1 Å². The summed E-state index contributed by atoms with van der Waals surface area (Å²) in [5, 5.41) is 8.66. The van der Waals surface area contributed by atoms with Crippen LogP contribution < -0.4 is 5.73 Å². The summed E-state index contributed by atoms with van der Waals surface area (Å²) in [6.07, 6.45) is 1.33. The van der Waals surface area contributed by atoms with Crippen molar-refractivity contribution in [3.63, 3.8) is 0 Å². The molecule has 78 valence electrons. The van der Waals surface area contributed by atoms with E-state index in [2.05, 4.69) is 0 Å². The topological polar surface area (TPSA) is 46.2 Å². The molecule has 0 aliphatic carbocycles. The molecule has 0 spiro atoms. The molecular formula is C11H16FNO. The molecule has 0 aromatic heterocycles. The van der Waals surface area contributed by atoms with Gasteiger partial charge in [0.25, 0.3) is 0 Å². The van der Waals surface area contributed by atoms with Gasteiger partial charge in [-0.1, -0.05) is 6.07 Å². The maximum absolute atomic E-state index is 12.9. The molecule has 1 aromatic rings. The standard InChI is InChI=1S/C11H16FNO/c1-8-4-5-9(12)7-10(8)11(13)3-2-6-14/h4-5,7,11,14H,2-3,6,13H2,1H3/t11-/m1/s1. The van der Waals surface area contributed by atoms with Crippen LogP contribution in [0.15, 0.2) is 18.2 Å². The van der Waals surface area contributed by atoms with Gasteiger partial charge >= 0.3 is 0 Å². The summed E-state index contributed by atoms with van der Waals surface area (Å²) in [6.45, 7) is 2.04. The summed E-state index contributed by atoms with van der Waals surface area (Å²) in [6, 6.07) is 4.44. The van der Waals surface area contributed by atoms with E-state index in [9.17, 15) is 4.39 Å². The van der Waals surface area contributed by atoms with Gasteiger partial charge in [-0.25, -0.2) is 4.39 Å². The first-order valence-corrected chi connectivity index (χ1v) is 4.77. The minimum Gasteiger partial charge on any atom is -0.396 e. The average molecular weight is 197 g/mol. The van der Waals surface area contributed by atoms with Crippen LogP contribution in [0.2, 0.25) is 0 Å². The van der Waals surface area contributed by atoms with Gasteiger partial charge in [0.05, 0.1) is 0 Å². The first-order valence-electron chi connectivity index (χ1n) is 4.77. The van der Waals surface area contributed by atoms with Crippen LogP contribution in [0, 0.1) is 12.7 Å². The smallest absolute Gasteiger partial charge is 0.123 e. The van der Waals surface area contributed by atoms with E-state index in [0.29, 0.717) is 12.8 Å². The fourth-order valence-electron chi connectivity index (χ4n) is 1.48. The molecule has 0 heterocycles. The summed E-state index contributed by atoms with van der Waals surface area (Å²) in [4.78, 5) is 0. The first kappa shape index (κ1) is 11.1. The molecule has 0 amide bonds. The van der Waals surface area contributed by atoms with Gasteiger partial charge in [0, 0.05) is 12.6 Å². The van der Waals surface area contributed by atoms with Crippen molar-refractivity contribution >= 4 is 0 Å². The number of aryl methyl sites for hydroxylation is 1. The summed E-state index contributed by atoms with van der Waals surface area (Å²) >= 11 is 0. The predicted octanol–water partition coefficient (Wildman–Crippen LogP) is 1.91. The lowest BCUT2D eigenvalue weighted by Crippen LogP contribution is -2.12. The largest absolute Gasteiger partial charge is 0.396 e. The van der Waals surface area contributed by atoms with Gasteiger partial charge in [0.1, 0.15) is 5.82 Å². The minimum absolute atomic E-state index is 0.127. The molecule has 0 unspecified atom stereocenters. The summed E-state index contributed by atoms with van der Waals surface area (Å²) < 4.78 is 12.9. The lowest BCUT2D eigenvalue weighted by Gasteiger charge is -2.13. The fraction of sp³-hybridized carbons (Fsp3) is 0.455. The Morgan fingerprint density at radius 2 is 2.21 bits per heavy atom. The van der Waals surface area contributed by atoms with Crippen molar-refractivity contribution in [3.8, 4) is 0 Å². The molecule has 0 saturated heterocycles. The lowest BCUT2D eigenvalue weighted by molar-refractivity contribution is 0.280. The normalized spacial score (nSPS) is 12.9. The zero-order chi connectivity index (χ0) is 10.6. The molecular weight excluding hydrogens is 181 g/mol. The third-order valence-corrected chi connectivity index (χ3v) is 2.31. The Balaban J connectivity index is 2.77. The third kappa shape index (κ3) is 2.79. The maximum Gasteiger partial charge on any atom is 0.123 e. The number of benzene rings is 1. The molecule has 0 saturated carbocycles. The van der Waals surface area contributed by atoms with Crippen molar-refractivity contribution in [2.24, 2.45) is 5.73 Å². The van der Waals surface area contributed by atoms with E-state index in [0.717, 1.165) is 11.1 Å². The molecule has 0 bridgehead atoms. The maximum atomic E-state index is 12.9. The van der Waals surface area contributed by atoms with Crippen molar-refractivity contribution in [2.75, 3.05) is 6.61 Å². The fourth-order valence-corrected chi connectivity index (χ4v) is 1.48. The van der Waals surface area contributed by atoms with Gasteiger partial charge in [0.15, 0.2) is 0 Å². The predicted molar refractivity (Wildman–Crippen MR) is 54.4 cm³/mol. The number of hydrogen-bond donors (Lipinski definition) is 2. The Hall–Kier alpha value is -0.930. The van der Waals surface area contributed by atoms with Crippen LogP contribution in [-0.4, -0.2) is 11.7 Å². The second kappa shape index (κ2) is 5.08. The number of halogens is 1. The van der Waals surface area contributed by atoms with E-state index in [1.54, 1.807) is 6.07 Å². The van der Waals surface area contributed by atoms with E-state index in [4.69, 9.17) is 10.8 Å². The van der Waals surface area contributed by atoms with Gasteiger partial charge in [-0.05, 0) is 43.0 Å². The van der Waals surface area contributed by atoms with Crippen molar-refractivity contribution in [1.29, 1.82) is 0 Å². The van der Waals surface area contributed by atoms with Crippen LogP contribution >= 0.6 is 0 Å². The molecule has 2 nitrogen and oxygen atoms in total. The molecule has 14 heavy (non-hydrogen) atoms. The first-order chi connectivity index (χ1) is 6.65. The number of aliphatic hydroxyl groups is 1. The molecule has 1 aromatic carbocycles. The van der Waals surface area contributed by atoms with Crippen LogP contribution in [0.5, 0.6) is 0 Å². The highest BCUT2D eigenvalue weighted by atomic mass is 19.1. The minimum atomic E-state index is -0.259. The Labute approximate surface area is 83.6 Å².